The number of ether oxygens (including phenoxy) is 2. The summed E-state index contributed by atoms with van der Waals surface area (Å²) in [6.45, 7) is 2.47. The topological polar surface area (TPSA) is 85.3 Å². The number of hydrogen-bond donors (Lipinski definition) is 2. The average Bonchev–Trinajstić information content (AvgIpc) is 3.47. The van der Waals surface area contributed by atoms with Crippen LogP contribution in [0.2, 0.25) is 0 Å². The molecule has 1 aliphatic rings. The summed E-state index contributed by atoms with van der Waals surface area (Å²) in [4.78, 5) is 10.3. The van der Waals surface area contributed by atoms with Gasteiger partial charge in [0.2, 0.25) is 0 Å². The van der Waals surface area contributed by atoms with Crippen LogP contribution in [0.1, 0.15) is 17.9 Å². The maximum atomic E-state index is 5.81. The largest absolute Gasteiger partial charge is 0.490 e. The molecule has 3 aromatic heterocycles. The molecular formula is C22H23N5O3S. The summed E-state index contributed by atoms with van der Waals surface area (Å²) in [5.74, 6) is 3.10. The second-order valence-corrected chi connectivity index (χ2v) is 7.96. The quantitative estimate of drug-likeness (QED) is 0.351. The predicted molar refractivity (Wildman–Crippen MR) is 120 cm³/mol. The molecule has 8 nitrogen and oxygen atoms in total. The molecule has 160 valence electrons. The summed E-state index contributed by atoms with van der Waals surface area (Å²) < 4.78 is 19.0. The molecule has 1 aromatic carbocycles. The molecule has 0 amide bonds. The lowest BCUT2D eigenvalue weighted by Crippen LogP contribution is -2.32. The van der Waals surface area contributed by atoms with Crippen LogP contribution in [0.4, 0.5) is 5.69 Å². The number of thiazole rings is 1. The fourth-order valence-corrected chi connectivity index (χ4v) is 4.01. The molecule has 4 aromatic rings. The molecule has 0 atom stereocenters. The first-order chi connectivity index (χ1) is 15.3. The second kappa shape index (κ2) is 9.13. The number of nitrogens with one attached hydrogen (secondary N) is 2. The maximum absolute atomic E-state index is 5.81. The highest BCUT2D eigenvalue weighted by atomic mass is 32.1. The lowest BCUT2D eigenvalue weighted by molar-refractivity contribution is 0.297. The molecule has 2 N–H and O–H groups in total. The van der Waals surface area contributed by atoms with Gasteiger partial charge in [0.25, 0.3) is 0 Å². The van der Waals surface area contributed by atoms with Gasteiger partial charge in [-0.2, -0.15) is 0 Å². The minimum atomic E-state index is 0.467. The van der Waals surface area contributed by atoms with E-state index in [2.05, 4.69) is 15.6 Å². The lowest BCUT2D eigenvalue weighted by Gasteiger charge is -2.14. The van der Waals surface area contributed by atoms with Crippen molar-refractivity contribution in [2.75, 3.05) is 25.1 Å². The fourth-order valence-electron chi connectivity index (χ4n) is 3.29. The van der Waals surface area contributed by atoms with Crippen molar-refractivity contribution < 1.29 is 13.9 Å². The molecular weight excluding hydrogens is 414 g/mol. The van der Waals surface area contributed by atoms with E-state index >= 15 is 0 Å². The van der Waals surface area contributed by atoms with Gasteiger partial charge in [-0.05, 0) is 24.3 Å². The van der Waals surface area contributed by atoms with E-state index < -0.39 is 0 Å². The van der Waals surface area contributed by atoms with Crippen LogP contribution in [0.15, 0.2) is 63.8 Å². The summed E-state index contributed by atoms with van der Waals surface area (Å²) in [7, 11) is 0. The number of furan rings is 1. The zero-order chi connectivity index (χ0) is 20.9. The molecule has 0 aliphatic carbocycles. The molecule has 0 saturated carbocycles. The summed E-state index contributed by atoms with van der Waals surface area (Å²) in [5.41, 5.74) is 1.79. The van der Waals surface area contributed by atoms with E-state index in [1.807, 2.05) is 52.5 Å². The Kier molecular flexibility index (Phi) is 5.74. The summed E-state index contributed by atoms with van der Waals surface area (Å²) in [5, 5.41) is 8.76. The second-order valence-electron chi connectivity index (χ2n) is 7.08. The van der Waals surface area contributed by atoms with E-state index in [0.29, 0.717) is 32.3 Å². The van der Waals surface area contributed by atoms with Gasteiger partial charge in [0.15, 0.2) is 22.4 Å². The Morgan fingerprint density at radius 1 is 1.19 bits per heavy atom. The van der Waals surface area contributed by atoms with Crippen LogP contribution in [0, 0.1) is 0 Å². The molecule has 1 aliphatic heterocycles. The molecule has 0 bridgehead atoms. The highest BCUT2D eigenvalue weighted by Crippen LogP contribution is 2.32. The third-order valence-electron chi connectivity index (χ3n) is 4.80. The predicted octanol–water partition coefficient (Wildman–Crippen LogP) is 3.95. The van der Waals surface area contributed by atoms with Crippen molar-refractivity contribution in [3.8, 4) is 11.5 Å². The number of anilines is 1. The zero-order valence-corrected chi connectivity index (χ0v) is 17.7. The summed E-state index contributed by atoms with van der Waals surface area (Å²) in [6.07, 6.45) is 7.32. The van der Waals surface area contributed by atoms with E-state index in [1.165, 1.54) is 0 Å². The minimum Gasteiger partial charge on any atom is -0.490 e. The van der Waals surface area contributed by atoms with Gasteiger partial charge < -0.3 is 24.5 Å². The molecule has 31 heavy (non-hydrogen) atoms. The highest BCUT2D eigenvalue weighted by Gasteiger charge is 2.12. The van der Waals surface area contributed by atoms with Crippen molar-refractivity contribution in [2.45, 2.75) is 19.4 Å². The molecule has 0 radical (unpaired) electrons. The summed E-state index contributed by atoms with van der Waals surface area (Å²) >= 11 is 1.61. The lowest BCUT2D eigenvalue weighted by atomic mass is 10.2. The Balaban J connectivity index is 1.31. The van der Waals surface area contributed by atoms with Crippen molar-refractivity contribution in [1.29, 1.82) is 0 Å². The van der Waals surface area contributed by atoms with Gasteiger partial charge in [-0.3, -0.25) is 4.40 Å². The van der Waals surface area contributed by atoms with Gasteiger partial charge in [-0.15, -0.1) is 11.3 Å². The Hall–Kier alpha value is -3.46. The number of fused-ring (bicyclic) bond motifs is 2. The number of aliphatic imine (C=N–C) groups is 1. The van der Waals surface area contributed by atoms with Gasteiger partial charge in [-0.1, -0.05) is 0 Å². The normalized spacial score (nSPS) is 13.9. The van der Waals surface area contributed by atoms with Gasteiger partial charge in [0.05, 0.1) is 31.7 Å². The third-order valence-corrected chi connectivity index (χ3v) is 5.57. The van der Waals surface area contributed by atoms with Gasteiger partial charge in [-0.25, -0.2) is 9.98 Å². The van der Waals surface area contributed by atoms with Crippen molar-refractivity contribution in [3.63, 3.8) is 0 Å². The van der Waals surface area contributed by atoms with E-state index in [9.17, 15) is 0 Å². The smallest absolute Gasteiger partial charge is 0.196 e. The number of guanidine groups is 1. The molecule has 0 fully saturated rings. The molecule has 0 saturated heterocycles. The van der Waals surface area contributed by atoms with Crippen LogP contribution in [-0.2, 0) is 13.0 Å². The Morgan fingerprint density at radius 2 is 2.13 bits per heavy atom. The van der Waals surface area contributed by atoms with Gasteiger partial charge >= 0.3 is 0 Å². The van der Waals surface area contributed by atoms with Crippen LogP contribution >= 0.6 is 11.3 Å². The van der Waals surface area contributed by atoms with E-state index in [-0.39, 0.29) is 0 Å². The van der Waals surface area contributed by atoms with Crippen LogP contribution in [0.5, 0.6) is 11.5 Å². The number of benzene rings is 1. The molecule has 0 unspecified atom stereocenters. The third kappa shape index (κ3) is 4.83. The van der Waals surface area contributed by atoms with Crippen LogP contribution in [0.3, 0.4) is 0 Å². The Labute approximate surface area is 183 Å². The molecule has 9 heteroatoms. The van der Waals surface area contributed by atoms with E-state index in [1.54, 1.807) is 17.6 Å². The number of rotatable bonds is 6. The Bertz CT molecular complexity index is 1140. The number of aromatic nitrogens is 2. The minimum absolute atomic E-state index is 0.467. The van der Waals surface area contributed by atoms with Crippen LogP contribution in [0.25, 0.3) is 4.96 Å². The standard InChI is InChI=1S/C22H23N5O3S/c1-3-18(28-9-1)6-7-23-21(24-14-17-15-27-8-12-31-22(27)26-17)25-16-4-5-19-20(13-16)30-11-2-10-29-19/h1,3-5,8-9,12-13,15H,2,6-7,10-11,14H2,(H2,23,24,25). The van der Waals surface area contributed by atoms with Crippen LogP contribution in [-0.4, -0.2) is 35.1 Å². The highest BCUT2D eigenvalue weighted by molar-refractivity contribution is 7.15. The van der Waals surface area contributed by atoms with Gasteiger partial charge in [0, 0.05) is 48.9 Å². The average molecular weight is 438 g/mol. The number of imidazole rings is 1. The van der Waals surface area contributed by atoms with Crippen molar-refractivity contribution >= 4 is 27.9 Å². The van der Waals surface area contributed by atoms with Gasteiger partial charge in [0.1, 0.15) is 5.76 Å². The Morgan fingerprint density at radius 3 is 3.00 bits per heavy atom. The SMILES string of the molecule is c1coc(CCNC(=NCc2cn3ccsc3n2)Nc2ccc3c(c2)OCCCO3)c1. The molecule has 4 heterocycles. The first kappa shape index (κ1) is 19.5. The summed E-state index contributed by atoms with van der Waals surface area (Å²) in [6, 6.07) is 9.69. The zero-order valence-electron chi connectivity index (χ0n) is 16.9. The van der Waals surface area contributed by atoms with Crippen molar-refractivity contribution in [1.82, 2.24) is 14.7 Å². The van der Waals surface area contributed by atoms with Crippen molar-refractivity contribution in [3.05, 3.63) is 65.8 Å². The van der Waals surface area contributed by atoms with Crippen molar-refractivity contribution in [2.24, 2.45) is 4.99 Å². The monoisotopic (exact) mass is 437 g/mol. The maximum Gasteiger partial charge on any atom is 0.196 e. The molecule has 0 spiro atoms. The first-order valence-corrected chi connectivity index (χ1v) is 11.1. The number of hydrogen-bond acceptors (Lipinski definition) is 6. The fraction of sp³-hybridized carbons (Fsp3) is 0.273. The van der Waals surface area contributed by atoms with E-state index in [0.717, 1.165) is 46.4 Å². The number of nitrogens with zero attached hydrogens (tertiary/aromatic N) is 3. The van der Waals surface area contributed by atoms with Crippen LogP contribution < -0.4 is 20.1 Å². The van der Waals surface area contributed by atoms with E-state index in [4.69, 9.17) is 18.9 Å². The first-order valence-electron chi connectivity index (χ1n) is 10.2. The molecule has 5 rings (SSSR count).